The number of carbonyl (C=O) groups is 2. The van der Waals surface area contributed by atoms with E-state index >= 15 is 0 Å². The Morgan fingerprint density at radius 3 is 2.76 bits per heavy atom. The predicted molar refractivity (Wildman–Crippen MR) is 102 cm³/mol. The second-order valence-corrected chi connectivity index (χ2v) is 7.26. The average Bonchev–Trinajstić information content (AvgIpc) is 3.00. The molecule has 5 nitrogen and oxygen atoms in total. The molecule has 0 saturated carbocycles. The lowest BCUT2D eigenvalue weighted by Crippen LogP contribution is -2.43. The van der Waals surface area contributed by atoms with Gasteiger partial charge in [-0.15, -0.1) is 11.3 Å². The Hall–Kier alpha value is -1.92. The van der Waals surface area contributed by atoms with Gasteiger partial charge in [0.15, 0.2) is 0 Å². The van der Waals surface area contributed by atoms with E-state index < -0.39 is 0 Å². The normalized spacial score (nSPS) is 10.8. The van der Waals surface area contributed by atoms with Crippen LogP contribution in [0.2, 0.25) is 5.02 Å². The maximum absolute atomic E-state index is 12.5. The van der Waals surface area contributed by atoms with E-state index in [4.69, 9.17) is 11.6 Å². The number of hydrogen-bond donors (Lipinski definition) is 1. The molecule has 7 heteroatoms. The van der Waals surface area contributed by atoms with E-state index in [0.29, 0.717) is 17.3 Å². The van der Waals surface area contributed by atoms with E-state index in [1.165, 1.54) is 16.2 Å². The van der Waals surface area contributed by atoms with Crippen LogP contribution in [-0.4, -0.2) is 40.8 Å². The quantitative estimate of drug-likeness (QED) is 0.802. The van der Waals surface area contributed by atoms with E-state index in [1.807, 2.05) is 50.4 Å². The Bertz CT molecular complexity index is 745. The van der Waals surface area contributed by atoms with Crippen molar-refractivity contribution in [2.45, 2.75) is 33.2 Å². The summed E-state index contributed by atoms with van der Waals surface area (Å²) in [6, 6.07) is 7.52. The third-order valence-electron chi connectivity index (χ3n) is 3.47. The number of benzene rings is 1. The van der Waals surface area contributed by atoms with Crippen molar-refractivity contribution >= 4 is 34.8 Å². The van der Waals surface area contributed by atoms with Crippen LogP contribution in [0.1, 0.15) is 26.5 Å². The number of likely N-dealkylation sites (N-methyl/N-ethyl adjacent to an activating group) is 1. The van der Waals surface area contributed by atoms with Crippen LogP contribution >= 0.6 is 22.9 Å². The summed E-state index contributed by atoms with van der Waals surface area (Å²) in [5.74, 6) is -0.257. The molecule has 2 aromatic rings. The van der Waals surface area contributed by atoms with Gasteiger partial charge >= 0.3 is 0 Å². The van der Waals surface area contributed by atoms with Crippen molar-refractivity contribution in [2.75, 3.05) is 13.1 Å². The summed E-state index contributed by atoms with van der Waals surface area (Å²) in [6.45, 7) is 6.19. The fourth-order valence-electron chi connectivity index (χ4n) is 2.33. The highest BCUT2D eigenvalue weighted by molar-refractivity contribution is 7.13. The van der Waals surface area contributed by atoms with Crippen molar-refractivity contribution < 1.29 is 9.59 Å². The summed E-state index contributed by atoms with van der Waals surface area (Å²) < 4.78 is 0. The Balaban J connectivity index is 2.01. The Kier molecular flexibility index (Phi) is 6.96. The molecule has 0 spiro atoms. The zero-order valence-electron chi connectivity index (χ0n) is 14.6. The minimum Gasteiger partial charge on any atom is -0.352 e. The van der Waals surface area contributed by atoms with Crippen LogP contribution in [0.3, 0.4) is 0 Å². The van der Waals surface area contributed by atoms with Crippen LogP contribution in [-0.2, 0) is 16.0 Å². The van der Waals surface area contributed by atoms with Crippen molar-refractivity contribution in [1.29, 1.82) is 0 Å². The van der Waals surface area contributed by atoms with Crippen LogP contribution in [0, 0.1) is 0 Å². The number of halogens is 1. The van der Waals surface area contributed by atoms with Crippen molar-refractivity contribution in [2.24, 2.45) is 0 Å². The van der Waals surface area contributed by atoms with Gasteiger partial charge in [-0.25, -0.2) is 4.98 Å². The third kappa shape index (κ3) is 5.83. The van der Waals surface area contributed by atoms with Crippen LogP contribution in [0.25, 0.3) is 10.6 Å². The summed E-state index contributed by atoms with van der Waals surface area (Å²) >= 11 is 7.48. The van der Waals surface area contributed by atoms with Gasteiger partial charge in [-0.2, -0.15) is 0 Å². The van der Waals surface area contributed by atoms with Crippen LogP contribution in [0.5, 0.6) is 0 Å². The molecule has 0 bridgehead atoms. The Labute approximate surface area is 157 Å². The monoisotopic (exact) mass is 379 g/mol. The Morgan fingerprint density at radius 1 is 1.36 bits per heavy atom. The molecule has 0 radical (unpaired) electrons. The second-order valence-electron chi connectivity index (χ2n) is 5.96. The smallest absolute Gasteiger partial charge is 0.239 e. The molecule has 1 aromatic heterocycles. The first-order valence-corrected chi connectivity index (χ1v) is 9.42. The van der Waals surface area contributed by atoms with Gasteiger partial charge in [-0.1, -0.05) is 23.7 Å². The topological polar surface area (TPSA) is 62.3 Å². The van der Waals surface area contributed by atoms with E-state index in [1.54, 1.807) is 0 Å². The van der Waals surface area contributed by atoms with E-state index in [0.717, 1.165) is 10.6 Å². The molecule has 0 saturated heterocycles. The standard InChI is InChI=1S/C18H22ClN3O2S/c1-4-22(10-16(23)20-12(2)3)17(24)9-15-11-25-18(21-15)13-6-5-7-14(19)8-13/h5-8,11-12H,4,9-10H2,1-3H3,(H,20,23). The molecule has 0 aliphatic carbocycles. The van der Waals surface area contributed by atoms with Crippen molar-refractivity contribution in [3.8, 4) is 10.6 Å². The van der Waals surface area contributed by atoms with Gasteiger partial charge < -0.3 is 10.2 Å². The van der Waals surface area contributed by atoms with Crippen molar-refractivity contribution in [1.82, 2.24) is 15.2 Å². The summed E-state index contributed by atoms with van der Waals surface area (Å²) in [6.07, 6.45) is 0.180. The summed E-state index contributed by atoms with van der Waals surface area (Å²) in [4.78, 5) is 30.4. The minimum atomic E-state index is -0.150. The maximum Gasteiger partial charge on any atom is 0.239 e. The van der Waals surface area contributed by atoms with Gasteiger partial charge in [0.25, 0.3) is 0 Å². The highest BCUT2D eigenvalue weighted by Gasteiger charge is 2.18. The summed E-state index contributed by atoms with van der Waals surface area (Å²) in [5, 5.41) is 6.15. The molecular formula is C18H22ClN3O2S. The van der Waals surface area contributed by atoms with Gasteiger partial charge in [-0.05, 0) is 32.9 Å². The lowest BCUT2D eigenvalue weighted by Gasteiger charge is -2.20. The van der Waals surface area contributed by atoms with Gasteiger partial charge in [0.1, 0.15) is 5.01 Å². The molecule has 0 aliphatic heterocycles. The van der Waals surface area contributed by atoms with E-state index in [9.17, 15) is 9.59 Å². The van der Waals surface area contributed by atoms with Crippen LogP contribution in [0.15, 0.2) is 29.6 Å². The lowest BCUT2D eigenvalue weighted by molar-refractivity contribution is -0.135. The van der Waals surface area contributed by atoms with Gasteiger partial charge in [-0.3, -0.25) is 9.59 Å². The lowest BCUT2D eigenvalue weighted by atomic mass is 10.2. The maximum atomic E-state index is 12.5. The summed E-state index contributed by atoms with van der Waals surface area (Å²) in [7, 11) is 0. The molecule has 0 fully saturated rings. The van der Waals surface area contributed by atoms with Crippen LogP contribution < -0.4 is 5.32 Å². The second kappa shape index (κ2) is 8.97. The molecule has 0 aliphatic rings. The zero-order chi connectivity index (χ0) is 18.4. The highest BCUT2D eigenvalue weighted by Crippen LogP contribution is 2.26. The number of amides is 2. The summed E-state index contributed by atoms with van der Waals surface area (Å²) in [5.41, 5.74) is 1.63. The third-order valence-corrected chi connectivity index (χ3v) is 4.65. The van der Waals surface area contributed by atoms with Crippen LogP contribution in [0.4, 0.5) is 0 Å². The first-order valence-electron chi connectivity index (χ1n) is 8.16. The van der Waals surface area contributed by atoms with Crippen molar-refractivity contribution in [3.63, 3.8) is 0 Å². The van der Waals surface area contributed by atoms with E-state index in [2.05, 4.69) is 10.3 Å². The molecule has 0 unspecified atom stereocenters. The molecule has 1 heterocycles. The van der Waals surface area contributed by atoms with Crippen molar-refractivity contribution in [3.05, 3.63) is 40.4 Å². The molecule has 0 atom stereocenters. The van der Waals surface area contributed by atoms with E-state index in [-0.39, 0.29) is 30.8 Å². The SMILES string of the molecule is CCN(CC(=O)NC(C)C)C(=O)Cc1csc(-c2cccc(Cl)c2)n1. The van der Waals surface area contributed by atoms with Gasteiger partial charge in [0.05, 0.1) is 18.7 Å². The van der Waals surface area contributed by atoms with Gasteiger partial charge in [0.2, 0.25) is 11.8 Å². The molecule has 1 aromatic carbocycles. The fraction of sp³-hybridized carbons (Fsp3) is 0.389. The number of hydrogen-bond acceptors (Lipinski definition) is 4. The zero-order valence-corrected chi connectivity index (χ0v) is 16.2. The molecule has 25 heavy (non-hydrogen) atoms. The average molecular weight is 380 g/mol. The minimum absolute atomic E-state index is 0.0557. The number of nitrogens with one attached hydrogen (secondary N) is 1. The molecule has 2 rings (SSSR count). The molecule has 2 amide bonds. The predicted octanol–water partition coefficient (Wildman–Crippen LogP) is 3.38. The number of aromatic nitrogens is 1. The first kappa shape index (κ1) is 19.4. The molecule has 134 valence electrons. The number of rotatable bonds is 7. The largest absolute Gasteiger partial charge is 0.352 e. The highest BCUT2D eigenvalue weighted by atomic mass is 35.5. The fourth-order valence-corrected chi connectivity index (χ4v) is 3.33. The molecular weight excluding hydrogens is 358 g/mol. The van der Waals surface area contributed by atoms with Gasteiger partial charge in [0, 0.05) is 28.6 Å². The Morgan fingerprint density at radius 2 is 2.12 bits per heavy atom. The number of thiazole rings is 1. The number of carbonyl (C=O) groups excluding carboxylic acids is 2. The number of nitrogens with zero attached hydrogens (tertiary/aromatic N) is 2. The first-order chi connectivity index (χ1) is 11.9. The molecule has 1 N–H and O–H groups in total.